The molecule has 2 amide bonds. The van der Waals surface area contributed by atoms with E-state index in [0.717, 1.165) is 19.3 Å². The van der Waals surface area contributed by atoms with Crippen molar-refractivity contribution in [1.82, 2.24) is 10.2 Å². The minimum Gasteiger partial charge on any atom is -0.356 e. The van der Waals surface area contributed by atoms with E-state index in [2.05, 4.69) is 5.32 Å². The molecule has 0 saturated carbocycles. The number of unbranched alkanes of at least 4 members (excludes halogenated alkanes) is 1. The number of rotatable bonds is 9. The lowest BCUT2D eigenvalue weighted by Gasteiger charge is -2.22. The molecule has 0 aromatic heterocycles. The minimum atomic E-state index is -0.0709. The summed E-state index contributed by atoms with van der Waals surface area (Å²) in [5, 5.41) is 2.77. The second kappa shape index (κ2) is 9.28. The van der Waals surface area contributed by atoms with Gasteiger partial charge in [0.05, 0.1) is 0 Å². The smallest absolute Gasteiger partial charge is 0.224 e. The molecule has 1 unspecified atom stereocenters. The minimum absolute atomic E-state index is 0.0645. The first-order chi connectivity index (χ1) is 8.02. The summed E-state index contributed by atoms with van der Waals surface area (Å²) in [5.74, 6) is 0.665. The molecule has 0 bridgehead atoms. The van der Waals surface area contributed by atoms with Gasteiger partial charge >= 0.3 is 0 Å². The van der Waals surface area contributed by atoms with E-state index in [1.165, 1.54) is 0 Å². The molecule has 5 heteroatoms. The molecule has 0 rings (SSSR count). The van der Waals surface area contributed by atoms with Gasteiger partial charge in [-0.25, -0.2) is 0 Å². The predicted molar refractivity (Wildman–Crippen MR) is 70.0 cm³/mol. The highest BCUT2D eigenvalue weighted by molar-refractivity contribution is 6.17. The van der Waals surface area contributed by atoms with Crippen molar-refractivity contribution in [3.8, 4) is 0 Å². The Morgan fingerprint density at radius 3 is 2.53 bits per heavy atom. The molecule has 0 heterocycles. The van der Waals surface area contributed by atoms with Crippen molar-refractivity contribution >= 4 is 23.9 Å². The largest absolute Gasteiger partial charge is 0.356 e. The second-order valence-electron chi connectivity index (χ2n) is 4.54. The Labute approximate surface area is 109 Å². The number of carbonyl (C=O) groups excluding carboxylic acids is 2. The molecule has 100 valence electrons. The van der Waals surface area contributed by atoms with E-state index in [-0.39, 0.29) is 17.9 Å². The van der Waals surface area contributed by atoms with Crippen LogP contribution >= 0.6 is 11.6 Å². The number of hydrogen-bond donors (Lipinski definition) is 1. The number of hydrogen-bond acceptors (Lipinski definition) is 2. The maximum absolute atomic E-state index is 11.7. The number of nitrogens with one attached hydrogen (secondary N) is 1. The molecule has 2 atom stereocenters. The van der Waals surface area contributed by atoms with Crippen LogP contribution in [0.25, 0.3) is 0 Å². The molecule has 17 heavy (non-hydrogen) atoms. The topological polar surface area (TPSA) is 49.4 Å². The van der Waals surface area contributed by atoms with Gasteiger partial charge in [-0.2, -0.15) is 0 Å². The Bertz CT molecular complexity index is 235. The van der Waals surface area contributed by atoms with E-state index < -0.39 is 0 Å². The first kappa shape index (κ1) is 16.2. The van der Waals surface area contributed by atoms with Crippen molar-refractivity contribution in [2.45, 2.75) is 38.6 Å². The van der Waals surface area contributed by atoms with Crippen molar-refractivity contribution in [1.29, 1.82) is 0 Å². The molecular weight excluding hydrogens is 240 g/mol. The van der Waals surface area contributed by atoms with Gasteiger partial charge in [-0.15, -0.1) is 11.6 Å². The predicted octanol–water partition coefficient (Wildman–Crippen LogP) is 1.62. The van der Waals surface area contributed by atoms with Crippen molar-refractivity contribution in [3.05, 3.63) is 0 Å². The van der Waals surface area contributed by atoms with Gasteiger partial charge in [0.2, 0.25) is 12.3 Å². The summed E-state index contributed by atoms with van der Waals surface area (Å²) in [4.78, 5) is 23.8. The fourth-order valence-electron chi connectivity index (χ4n) is 1.82. The number of amides is 2. The molecule has 0 fully saturated rings. The van der Waals surface area contributed by atoms with Crippen LogP contribution in [-0.2, 0) is 9.59 Å². The van der Waals surface area contributed by atoms with Crippen LogP contribution in [0, 0.1) is 5.92 Å². The maximum Gasteiger partial charge on any atom is 0.224 e. The average molecular weight is 263 g/mol. The van der Waals surface area contributed by atoms with Crippen LogP contribution < -0.4 is 5.32 Å². The quantitative estimate of drug-likeness (QED) is 0.390. The van der Waals surface area contributed by atoms with Gasteiger partial charge in [0.1, 0.15) is 0 Å². The van der Waals surface area contributed by atoms with Crippen LogP contribution in [0.5, 0.6) is 0 Å². The van der Waals surface area contributed by atoms with Crippen molar-refractivity contribution < 1.29 is 9.59 Å². The highest BCUT2D eigenvalue weighted by Gasteiger charge is 2.19. The lowest BCUT2D eigenvalue weighted by molar-refractivity contribution is -0.133. The zero-order valence-electron chi connectivity index (χ0n) is 10.9. The first-order valence-corrected chi connectivity index (χ1v) is 6.53. The van der Waals surface area contributed by atoms with E-state index in [4.69, 9.17) is 11.6 Å². The molecule has 0 radical (unpaired) electrons. The maximum atomic E-state index is 11.7. The summed E-state index contributed by atoms with van der Waals surface area (Å²) < 4.78 is 0. The Kier molecular flexibility index (Phi) is 8.86. The van der Waals surface area contributed by atoms with Gasteiger partial charge < -0.3 is 10.2 Å². The molecule has 1 N–H and O–H groups in total. The summed E-state index contributed by atoms with van der Waals surface area (Å²) in [6, 6.07) is 0.0645. The summed E-state index contributed by atoms with van der Waals surface area (Å²) in [6.07, 6.45) is 4.17. The fraction of sp³-hybridized carbons (Fsp3) is 0.833. The second-order valence-corrected chi connectivity index (χ2v) is 4.91. The van der Waals surface area contributed by atoms with E-state index in [1.54, 1.807) is 19.0 Å². The van der Waals surface area contributed by atoms with Crippen LogP contribution in [0.1, 0.15) is 32.6 Å². The number of nitrogens with zero attached hydrogens (tertiary/aromatic N) is 1. The Morgan fingerprint density at radius 2 is 2.06 bits per heavy atom. The van der Waals surface area contributed by atoms with E-state index >= 15 is 0 Å². The van der Waals surface area contributed by atoms with Gasteiger partial charge in [0.25, 0.3) is 0 Å². The molecular formula is C12H23ClN2O2. The lowest BCUT2D eigenvalue weighted by atomic mass is 9.97. The third-order valence-electron chi connectivity index (χ3n) is 2.74. The molecule has 0 aliphatic rings. The van der Waals surface area contributed by atoms with Gasteiger partial charge in [0.15, 0.2) is 0 Å². The van der Waals surface area contributed by atoms with Crippen molar-refractivity contribution in [3.63, 3.8) is 0 Å². The Balaban J connectivity index is 4.13. The van der Waals surface area contributed by atoms with Crippen molar-refractivity contribution in [2.75, 3.05) is 20.0 Å². The molecule has 0 aromatic rings. The summed E-state index contributed by atoms with van der Waals surface area (Å²) >= 11 is 5.61. The van der Waals surface area contributed by atoms with Gasteiger partial charge in [-0.05, 0) is 19.3 Å². The lowest BCUT2D eigenvalue weighted by Crippen LogP contribution is -2.35. The number of halogens is 1. The number of carbonyl (C=O) groups is 2. The van der Waals surface area contributed by atoms with E-state index in [9.17, 15) is 9.59 Å². The number of alkyl halides is 1. The normalized spacial score (nSPS) is 13.9. The van der Waals surface area contributed by atoms with Gasteiger partial charge in [-0.3, -0.25) is 9.59 Å². The summed E-state index contributed by atoms with van der Waals surface area (Å²) in [6.45, 7) is 1.89. The molecule has 4 nitrogen and oxygen atoms in total. The molecule has 0 saturated heterocycles. The highest BCUT2D eigenvalue weighted by Crippen LogP contribution is 2.13. The summed E-state index contributed by atoms with van der Waals surface area (Å²) in [7, 11) is 3.49. The van der Waals surface area contributed by atoms with Gasteiger partial charge in [-0.1, -0.05) is 13.3 Å². The Hall–Kier alpha value is -0.770. The van der Waals surface area contributed by atoms with Crippen molar-refractivity contribution in [2.24, 2.45) is 5.92 Å². The average Bonchev–Trinajstić information content (AvgIpc) is 2.28. The third kappa shape index (κ3) is 7.21. The zero-order valence-corrected chi connectivity index (χ0v) is 11.7. The molecule has 0 spiro atoms. The SMILES string of the molecule is CC(C[C@H](CCCCCl)NC=O)C(=O)N(C)C. The van der Waals surface area contributed by atoms with Gasteiger partial charge in [0, 0.05) is 31.9 Å². The van der Waals surface area contributed by atoms with E-state index in [1.807, 2.05) is 6.92 Å². The third-order valence-corrected chi connectivity index (χ3v) is 3.01. The molecule has 0 aromatic carbocycles. The van der Waals surface area contributed by atoms with Crippen LogP contribution in [0.15, 0.2) is 0 Å². The van der Waals surface area contributed by atoms with Crippen LogP contribution in [0.3, 0.4) is 0 Å². The zero-order chi connectivity index (χ0) is 13.3. The standard InChI is InChI=1S/C12H23ClN2O2/c1-10(12(17)15(2)3)8-11(14-9-16)6-4-5-7-13/h9-11H,4-8H2,1-3H3,(H,14,16)/t10?,11-/m0/s1. The molecule has 0 aliphatic carbocycles. The van der Waals surface area contributed by atoms with Crippen LogP contribution in [0.2, 0.25) is 0 Å². The van der Waals surface area contributed by atoms with E-state index in [0.29, 0.717) is 18.7 Å². The highest BCUT2D eigenvalue weighted by atomic mass is 35.5. The Morgan fingerprint density at radius 1 is 1.41 bits per heavy atom. The first-order valence-electron chi connectivity index (χ1n) is 5.99. The summed E-state index contributed by atoms with van der Waals surface area (Å²) in [5.41, 5.74) is 0. The monoisotopic (exact) mass is 262 g/mol. The van der Waals surface area contributed by atoms with Crippen LogP contribution in [-0.4, -0.2) is 43.2 Å². The molecule has 0 aliphatic heterocycles. The fourth-order valence-corrected chi connectivity index (χ4v) is 2.01. The van der Waals surface area contributed by atoms with Crippen LogP contribution in [0.4, 0.5) is 0 Å².